The van der Waals surface area contributed by atoms with Gasteiger partial charge in [0, 0.05) is 31.3 Å². The molecule has 0 aliphatic carbocycles. The van der Waals surface area contributed by atoms with Crippen molar-refractivity contribution < 1.29 is 23.0 Å². The molecule has 6 nitrogen and oxygen atoms in total. The summed E-state index contributed by atoms with van der Waals surface area (Å²) in [5.74, 6) is 0.486. The molecule has 1 saturated heterocycles. The first-order chi connectivity index (χ1) is 14.5. The van der Waals surface area contributed by atoms with Crippen molar-refractivity contribution in [2.45, 2.75) is 38.5 Å². The van der Waals surface area contributed by atoms with Crippen LogP contribution in [0.3, 0.4) is 0 Å². The molecular weight excluding hydrogens is 392 g/mol. The zero-order chi connectivity index (χ0) is 21.1. The molecule has 0 saturated carbocycles. The van der Waals surface area contributed by atoms with Crippen LogP contribution in [0.25, 0.3) is 5.65 Å². The van der Waals surface area contributed by atoms with Crippen LogP contribution in [0.15, 0.2) is 36.7 Å². The van der Waals surface area contributed by atoms with Crippen LogP contribution in [0.5, 0.6) is 5.75 Å². The van der Waals surface area contributed by atoms with E-state index in [1.807, 2.05) is 23.7 Å². The highest BCUT2D eigenvalue weighted by Gasteiger charge is 2.21. The summed E-state index contributed by atoms with van der Waals surface area (Å²) in [6.07, 6.45) is 3.10. The summed E-state index contributed by atoms with van der Waals surface area (Å²) in [6, 6.07) is 5.87. The first-order valence-corrected chi connectivity index (χ1v) is 10.1. The van der Waals surface area contributed by atoms with Gasteiger partial charge < -0.3 is 13.9 Å². The van der Waals surface area contributed by atoms with E-state index in [0.29, 0.717) is 30.2 Å². The van der Waals surface area contributed by atoms with Crippen molar-refractivity contribution in [3.05, 3.63) is 59.3 Å². The van der Waals surface area contributed by atoms with E-state index in [1.165, 1.54) is 18.2 Å². The van der Waals surface area contributed by atoms with Gasteiger partial charge in [0.05, 0.1) is 18.9 Å². The number of halogens is 2. The minimum absolute atomic E-state index is 0.0236. The maximum Gasteiger partial charge on any atom is 0.280 e. The van der Waals surface area contributed by atoms with Gasteiger partial charge in [-0.15, -0.1) is 0 Å². The highest BCUT2D eigenvalue weighted by Crippen LogP contribution is 2.29. The van der Waals surface area contributed by atoms with Gasteiger partial charge >= 0.3 is 0 Å². The van der Waals surface area contributed by atoms with Gasteiger partial charge in [-0.25, -0.2) is 18.7 Å². The number of imidazole rings is 1. The fraction of sp³-hybridized carbons (Fsp3) is 0.409. The third-order valence-corrected chi connectivity index (χ3v) is 5.12. The number of carbonyl (C=O) groups is 1. The molecule has 1 unspecified atom stereocenters. The fourth-order valence-electron chi connectivity index (χ4n) is 3.68. The Kier molecular flexibility index (Phi) is 6.03. The largest absolute Gasteiger partial charge is 0.490 e. The van der Waals surface area contributed by atoms with E-state index in [0.717, 1.165) is 25.1 Å². The standard InChI is InChI=1S/C22H23F2N3O3/c1-2-30-20-10-14(9-19(28)16-6-3-7-17(25-16)21(23)24)11-27-12-18(26-22(20)27)15-5-4-8-29-13-15/h3,6-7,10-12,15,21H,2,4-5,8-9,13H2,1H3. The van der Waals surface area contributed by atoms with E-state index in [-0.39, 0.29) is 23.8 Å². The monoisotopic (exact) mass is 415 g/mol. The van der Waals surface area contributed by atoms with E-state index >= 15 is 0 Å². The zero-order valence-electron chi connectivity index (χ0n) is 16.7. The Morgan fingerprint density at radius 2 is 2.20 bits per heavy atom. The number of hydrogen-bond donors (Lipinski definition) is 0. The molecule has 30 heavy (non-hydrogen) atoms. The van der Waals surface area contributed by atoms with E-state index in [2.05, 4.69) is 4.98 Å². The summed E-state index contributed by atoms with van der Waals surface area (Å²) in [5.41, 5.74) is 1.94. The van der Waals surface area contributed by atoms with Crippen LogP contribution < -0.4 is 4.74 Å². The summed E-state index contributed by atoms with van der Waals surface area (Å²) in [6.45, 7) is 3.76. The Bertz CT molecular complexity index is 1050. The lowest BCUT2D eigenvalue weighted by Gasteiger charge is -2.19. The van der Waals surface area contributed by atoms with Gasteiger partial charge in [-0.3, -0.25) is 4.79 Å². The number of carbonyl (C=O) groups excluding carboxylic acids is 1. The third-order valence-electron chi connectivity index (χ3n) is 5.12. The SMILES string of the molecule is CCOc1cc(CC(=O)c2cccc(C(F)F)n2)cn2cc(C3CCCOC3)nc12. The smallest absolute Gasteiger partial charge is 0.280 e. The molecule has 1 fully saturated rings. The number of hydrogen-bond acceptors (Lipinski definition) is 5. The number of pyridine rings is 2. The predicted octanol–water partition coefficient (Wildman–Crippen LogP) is 4.39. The molecule has 0 spiro atoms. The molecule has 0 N–H and O–H groups in total. The van der Waals surface area contributed by atoms with Crippen molar-refractivity contribution in [2.75, 3.05) is 19.8 Å². The first-order valence-electron chi connectivity index (χ1n) is 10.1. The number of fused-ring (bicyclic) bond motifs is 1. The van der Waals surface area contributed by atoms with Crippen molar-refractivity contribution in [3.8, 4) is 5.75 Å². The predicted molar refractivity (Wildman–Crippen MR) is 106 cm³/mol. The fourth-order valence-corrected chi connectivity index (χ4v) is 3.68. The lowest BCUT2D eigenvalue weighted by molar-refractivity contribution is 0.0794. The zero-order valence-corrected chi connectivity index (χ0v) is 16.7. The number of ketones is 1. The molecule has 8 heteroatoms. The van der Waals surface area contributed by atoms with Crippen LogP contribution in [0.1, 0.15) is 59.5 Å². The molecule has 0 amide bonds. The molecule has 0 bridgehead atoms. The number of nitrogens with zero attached hydrogens (tertiary/aromatic N) is 3. The van der Waals surface area contributed by atoms with Gasteiger partial charge in [-0.2, -0.15) is 0 Å². The van der Waals surface area contributed by atoms with Gasteiger partial charge in [0.15, 0.2) is 17.2 Å². The summed E-state index contributed by atoms with van der Waals surface area (Å²) >= 11 is 0. The molecule has 3 aromatic heterocycles. The minimum atomic E-state index is -2.72. The molecule has 1 atom stereocenters. The molecule has 1 aliphatic rings. The molecular formula is C22H23F2N3O3. The molecule has 4 heterocycles. The Hall–Kier alpha value is -2.87. The molecule has 3 aromatic rings. The second kappa shape index (κ2) is 8.87. The van der Waals surface area contributed by atoms with Crippen molar-refractivity contribution in [1.82, 2.24) is 14.4 Å². The lowest BCUT2D eigenvalue weighted by Crippen LogP contribution is -2.15. The maximum absolute atomic E-state index is 12.9. The summed E-state index contributed by atoms with van der Waals surface area (Å²) in [5, 5.41) is 0. The van der Waals surface area contributed by atoms with Crippen LogP contribution >= 0.6 is 0 Å². The quantitative estimate of drug-likeness (QED) is 0.536. The topological polar surface area (TPSA) is 65.7 Å². The first kappa shape index (κ1) is 20.4. The van der Waals surface area contributed by atoms with Crippen LogP contribution in [0.4, 0.5) is 8.78 Å². The number of alkyl halides is 2. The van der Waals surface area contributed by atoms with Gasteiger partial charge in [-0.1, -0.05) is 6.07 Å². The number of rotatable bonds is 7. The third kappa shape index (κ3) is 4.33. The van der Waals surface area contributed by atoms with Crippen LogP contribution in [-0.4, -0.2) is 40.0 Å². The number of ether oxygens (including phenoxy) is 2. The van der Waals surface area contributed by atoms with Gasteiger partial charge in [0.2, 0.25) is 0 Å². The van der Waals surface area contributed by atoms with E-state index < -0.39 is 12.1 Å². The number of Topliss-reactive ketones (excluding diaryl/α,β-unsaturated/α-hetero) is 1. The van der Waals surface area contributed by atoms with Crippen LogP contribution in [0, 0.1) is 0 Å². The highest BCUT2D eigenvalue weighted by molar-refractivity contribution is 5.95. The van der Waals surface area contributed by atoms with E-state index in [1.54, 1.807) is 6.07 Å². The molecule has 158 valence electrons. The van der Waals surface area contributed by atoms with Crippen molar-refractivity contribution in [3.63, 3.8) is 0 Å². The number of aromatic nitrogens is 3. The van der Waals surface area contributed by atoms with Crippen molar-refractivity contribution >= 4 is 11.4 Å². The molecule has 4 rings (SSSR count). The molecule has 0 radical (unpaired) electrons. The second-order valence-electron chi connectivity index (χ2n) is 7.30. The second-order valence-corrected chi connectivity index (χ2v) is 7.30. The summed E-state index contributed by atoms with van der Waals surface area (Å²) in [4.78, 5) is 21.2. The normalized spacial score (nSPS) is 16.9. The highest BCUT2D eigenvalue weighted by atomic mass is 19.3. The van der Waals surface area contributed by atoms with E-state index in [4.69, 9.17) is 14.5 Å². The van der Waals surface area contributed by atoms with Crippen molar-refractivity contribution in [1.29, 1.82) is 0 Å². The average molecular weight is 415 g/mol. The van der Waals surface area contributed by atoms with Crippen LogP contribution in [0.2, 0.25) is 0 Å². The van der Waals surface area contributed by atoms with Crippen LogP contribution in [-0.2, 0) is 11.2 Å². The maximum atomic E-state index is 12.9. The van der Waals surface area contributed by atoms with E-state index in [9.17, 15) is 13.6 Å². The average Bonchev–Trinajstić information content (AvgIpc) is 3.19. The Balaban J connectivity index is 1.63. The Labute approximate surface area is 172 Å². The van der Waals surface area contributed by atoms with Gasteiger partial charge in [0.25, 0.3) is 6.43 Å². The minimum Gasteiger partial charge on any atom is -0.490 e. The van der Waals surface area contributed by atoms with Gasteiger partial charge in [0.1, 0.15) is 11.4 Å². The van der Waals surface area contributed by atoms with Gasteiger partial charge in [-0.05, 0) is 43.5 Å². The Morgan fingerprint density at radius 1 is 1.33 bits per heavy atom. The summed E-state index contributed by atoms with van der Waals surface area (Å²) in [7, 11) is 0. The van der Waals surface area contributed by atoms with Crippen molar-refractivity contribution in [2.24, 2.45) is 0 Å². The molecule has 0 aromatic carbocycles. The molecule has 1 aliphatic heterocycles. The lowest BCUT2D eigenvalue weighted by atomic mass is 9.99. The summed E-state index contributed by atoms with van der Waals surface area (Å²) < 4.78 is 39.0. The Morgan fingerprint density at radius 3 is 2.93 bits per heavy atom.